The number of benzene rings is 4. The predicted octanol–water partition coefficient (Wildman–Crippen LogP) is 4.11. The standard InChI is InChI=1S/C42H48N2O18S3/c1-55-27-19-33(59-5)29(34(20-27)60-6)11-15-37(25-9-13-31(57-3)39(17-25)64(51,52)43-23-41(45)46)63(49,50)38(16-12-30-35(61-7)21-28(56-2)22-36(30)62-8)26-10-14-32(58-4)40(18-26)65(53,54)44-24-42(47)48/h9-22,37-38,43-44H,23-24H2,1-8H3,(H,45,46)(H,47,48). The van der Waals surface area contributed by atoms with Gasteiger partial charge in [0.15, 0.2) is 9.84 Å². The summed E-state index contributed by atoms with van der Waals surface area (Å²) in [6, 6.07) is 12.9. The van der Waals surface area contributed by atoms with Crippen molar-refractivity contribution in [2.75, 3.05) is 70.0 Å². The van der Waals surface area contributed by atoms with E-state index in [9.17, 15) is 36.6 Å². The van der Waals surface area contributed by atoms with Crippen LogP contribution >= 0.6 is 0 Å². The van der Waals surface area contributed by atoms with E-state index < -0.39 is 75.2 Å². The van der Waals surface area contributed by atoms with Gasteiger partial charge in [-0.05, 0) is 47.5 Å². The number of methoxy groups -OCH3 is 8. The molecule has 23 heteroatoms. The van der Waals surface area contributed by atoms with Crippen molar-refractivity contribution in [3.63, 3.8) is 0 Å². The first-order valence-electron chi connectivity index (χ1n) is 18.7. The highest BCUT2D eigenvalue weighted by Crippen LogP contribution is 2.44. The Balaban J connectivity index is 2.17. The molecule has 0 saturated heterocycles. The van der Waals surface area contributed by atoms with Crippen LogP contribution in [0, 0.1) is 0 Å². The monoisotopic (exact) mass is 964 g/mol. The SMILES string of the molecule is COc1cc(OC)c(C=CC(c2ccc(OC)c(S(=O)(=O)NCC(=O)O)c2)S(=O)(=O)C(C=Cc2c(OC)cc(OC)cc2OC)c2ccc(OC)c(S(=O)(=O)NCC(=O)O)c2)c(OC)c1. The third-order valence-electron chi connectivity index (χ3n) is 9.53. The molecule has 0 aromatic heterocycles. The van der Waals surface area contributed by atoms with E-state index in [-0.39, 0.29) is 56.8 Å². The van der Waals surface area contributed by atoms with Crippen LogP contribution in [0.1, 0.15) is 32.8 Å². The predicted molar refractivity (Wildman–Crippen MR) is 236 cm³/mol. The van der Waals surface area contributed by atoms with Crippen molar-refractivity contribution >= 4 is 54.0 Å². The first kappa shape index (κ1) is 51.1. The molecule has 4 rings (SSSR count). The molecule has 0 fully saturated rings. The van der Waals surface area contributed by atoms with Gasteiger partial charge in [0, 0.05) is 24.3 Å². The molecule has 0 saturated carbocycles. The van der Waals surface area contributed by atoms with Gasteiger partial charge in [-0.15, -0.1) is 0 Å². The number of carbonyl (C=O) groups is 2. The van der Waals surface area contributed by atoms with Gasteiger partial charge in [0.1, 0.15) is 79.4 Å². The number of rotatable bonds is 24. The van der Waals surface area contributed by atoms with Crippen LogP contribution in [0.2, 0.25) is 0 Å². The van der Waals surface area contributed by atoms with Crippen LogP contribution in [0.3, 0.4) is 0 Å². The Bertz CT molecular complexity index is 2560. The lowest BCUT2D eigenvalue weighted by molar-refractivity contribution is -0.136. The second-order valence-corrected chi connectivity index (χ2v) is 19.0. The maximum Gasteiger partial charge on any atom is 0.318 e. The highest BCUT2D eigenvalue weighted by molar-refractivity contribution is 7.92. The first-order chi connectivity index (χ1) is 30.7. The highest BCUT2D eigenvalue weighted by atomic mass is 32.2. The fourth-order valence-corrected chi connectivity index (χ4v) is 10.7. The van der Waals surface area contributed by atoms with Crippen LogP contribution in [-0.4, -0.2) is 117 Å². The van der Waals surface area contributed by atoms with Crippen molar-refractivity contribution in [1.82, 2.24) is 9.44 Å². The second-order valence-electron chi connectivity index (χ2n) is 13.3. The van der Waals surface area contributed by atoms with Gasteiger partial charge in [0.2, 0.25) is 20.0 Å². The number of aliphatic carboxylic acids is 2. The number of carboxylic acids is 2. The molecule has 4 aromatic carbocycles. The molecule has 2 unspecified atom stereocenters. The van der Waals surface area contributed by atoms with Crippen molar-refractivity contribution in [3.8, 4) is 46.0 Å². The lowest BCUT2D eigenvalue weighted by Gasteiger charge is -2.24. The molecule has 4 aromatic rings. The number of ether oxygens (including phenoxy) is 8. The van der Waals surface area contributed by atoms with E-state index in [0.717, 1.165) is 26.4 Å². The Morgan fingerprint density at radius 3 is 1.06 bits per heavy atom. The second kappa shape index (κ2) is 21.9. The van der Waals surface area contributed by atoms with E-state index in [1.54, 1.807) is 0 Å². The third-order valence-corrected chi connectivity index (χ3v) is 14.6. The molecule has 2 atom stereocenters. The van der Waals surface area contributed by atoms with Crippen LogP contribution in [0.4, 0.5) is 0 Å². The number of sulfonamides is 2. The van der Waals surface area contributed by atoms with Crippen molar-refractivity contribution < 1.29 is 83.0 Å². The number of hydrogen-bond donors (Lipinski definition) is 4. The zero-order valence-electron chi connectivity index (χ0n) is 36.3. The molecule has 352 valence electrons. The van der Waals surface area contributed by atoms with E-state index >= 15 is 8.42 Å². The van der Waals surface area contributed by atoms with Crippen LogP contribution in [0.15, 0.2) is 82.6 Å². The summed E-state index contributed by atoms with van der Waals surface area (Å²) >= 11 is 0. The Hall–Kier alpha value is -6.53. The van der Waals surface area contributed by atoms with Gasteiger partial charge in [-0.3, -0.25) is 9.59 Å². The fraction of sp³-hybridized carbons (Fsp3) is 0.286. The number of carboxylic acid groups (broad SMARTS) is 2. The maximum atomic E-state index is 15.7. The highest BCUT2D eigenvalue weighted by Gasteiger charge is 2.37. The molecule has 0 aliphatic carbocycles. The number of hydrogen-bond acceptors (Lipinski definition) is 16. The minimum absolute atomic E-state index is 0.179. The molecule has 4 N–H and O–H groups in total. The van der Waals surface area contributed by atoms with E-state index in [1.165, 1.54) is 115 Å². The largest absolute Gasteiger partial charge is 0.496 e. The van der Waals surface area contributed by atoms with Crippen LogP contribution < -0.4 is 47.3 Å². The lowest BCUT2D eigenvalue weighted by atomic mass is 10.1. The average molecular weight is 965 g/mol. The minimum atomic E-state index is -4.92. The fourth-order valence-electron chi connectivity index (χ4n) is 6.37. The Labute approximate surface area is 376 Å². The van der Waals surface area contributed by atoms with Crippen molar-refractivity contribution in [2.45, 2.75) is 20.3 Å². The van der Waals surface area contributed by atoms with E-state index in [4.69, 9.17) is 37.9 Å². The summed E-state index contributed by atoms with van der Waals surface area (Å²) < 4.78 is 133. The van der Waals surface area contributed by atoms with E-state index in [1.807, 2.05) is 9.44 Å². The molecule has 65 heavy (non-hydrogen) atoms. The molecule has 0 aliphatic rings. The van der Waals surface area contributed by atoms with Gasteiger partial charge in [-0.25, -0.2) is 25.3 Å². The summed E-state index contributed by atoms with van der Waals surface area (Å²) in [5.41, 5.74) is 0.0728. The molecule has 20 nitrogen and oxygen atoms in total. The third kappa shape index (κ3) is 12.0. The van der Waals surface area contributed by atoms with Crippen LogP contribution in [0.25, 0.3) is 12.2 Å². The van der Waals surface area contributed by atoms with E-state index in [0.29, 0.717) is 11.5 Å². The Morgan fingerprint density at radius 1 is 0.492 bits per heavy atom. The first-order valence-corrected chi connectivity index (χ1v) is 23.3. The molecule has 0 spiro atoms. The molecule has 0 heterocycles. The molecule has 0 amide bonds. The Morgan fingerprint density at radius 2 is 0.800 bits per heavy atom. The zero-order chi connectivity index (χ0) is 48.3. The summed E-state index contributed by atoms with van der Waals surface area (Å²) in [6.07, 6.45) is 5.15. The number of nitrogens with one attached hydrogen (secondary N) is 2. The summed E-state index contributed by atoms with van der Waals surface area (Å²) in [5, 5.41) is 14.8. The van der Waals surface area contributed by atoms with E-state index in [2.05, 4.69) is 0 Å². The minimum Gasteiger partial charge on any atom is -0.496 e. The van der Waals surface area contributed by atoms with Gasteiger partial charge in [0.05, 0.1) is 68.0 Å². The zero-order valence-corrected chi connectivity index (χ0v) is 38.8. The number of sulfone groups is 1. The maximum absolute atomic E-state index is 15.7. The van der Waals surface area contributed by atoms with Crippen molar-refractivity contribution in [3.05, 3.63) is 95.1 Å². The summed E-state index contributed by atoms with van der Waals surface area (Å²) in [4.78, 5) is 21.6. The molecular formula is C42H48N2O18S3. The van der Waals surface area contributed by atoms with Crippen LogP contribution in [0.5, 0.6) is 46.0 Å². The summed E-state index contributed by atoms with van der Waals surface area (Å²) in [7, 11) is -3.73. The lowest BCUT2D eigenvalue weighted by Crippen LogP contribution is -2.30. The summed E-state index contributed by atoms with van der Waals surface area (Å²) in [5.74, 6) is -2.16. The normalized spacial score (nSPS) is 12.9. The van der Waals surface area contributed by atoms with Gasteiger partial charge >= 0.3 is 11.9 Å². The van der Waals surface area contributed by atoms with Gasteiger partial charge in [-0.2, -0.15) is 9.44 Å². The average Bonchev–Trinajstić information content (AvgIpc) is 3.29. The van der Waals surface area contributed by atoms with Gasteiger partial charge < -0.3 is 48.1 Å². The van der Waals surface area contributed by atoms with Crippen molar-refractivity contribution in [1.29, 1.82) is 0 Å². The summed E-state index contributed by atoms with van der Waals surface area (Å²) in [6.45, 7) is -2.05. The Kier molecular flexibility index (Phi) is 17.2. The molecular weight excluding hydrogens is 917 g/mol. The van der Waals surface area contributed by atoms with Crippen molar-refractivity contribution in [2.24, 2.45) is 0 Å². The molecule has 0 aliphatic heterocycles. The topological polar surface area (TPSA) is 275 Å². The van der Waals surface area contributed by atoms with Crippen LogP contribution in [-0.2, 0) is 39.5 Å². The van der Waals surface area contributed by atoms with Gasteiger partial charge in [0.25, 0.3) is 0 Å². The quantitative estimate of drug-likeness (QED) is 0.0769. The smallest absolute Gasteiger partial charge is 0.318 e. The molecule has 0 bridgehead atoms. The van der Waals surface area contributed by atoms with Gasteiger partial charge in [-0.1, -0.05) is 24.3 Å². The molecule has 0 radical (unpaired) electrons.